The van der Waals surface area contributed by atoms with Crippen molar-refractivity contribution in [3.63, 3.8) is 0 Å². The monoisotopic (exact) mass is 505 g/mol. The van der Waals surface area contributed by atoms with Crippen molar-refractivity contribution in [3.05, 3.63) is 108 Å². The van der Waals surface area contributed by atoms with Crippen molar-refractivity contribution >= 4 is 46.1 Å². The largest absolute Gasteiger partial charge is 0.466 e. The van der Waals surface area contributed by atoms with Crippen molar-refractivity contribution in [1.29, 1.82) is 0 Å². The van der Waals surface area contributed by atoms with Crippen molar-refractivity contribution in [3.8, 4) is 0 Å². The molecule has 1 aromatic heterocycles. The fraction of sp³-hybridized carbons (Fsp3) is 0.154. The number of carbonyl (C=O) groups excluding carboxylic acids is 2. The topological polar surface area (TPSA) is 81.0 Å². The second-order valence-electron chi connectivity index (χ2n) is 8.04. The molecule has 0 aliphatic carbocycles. The highest BCUT2D eigenvalue weighted by Crippen LogP contribution is 2.35. The molecule has 3 heterocycles. The Morgan fingerprint density at radius 2 is 1.91 bits per heavy atom. The molecule has 0 unspecified atom stereocenters. The summed E-state index contributed by atoms with van der Waals surface area (Å²) in [5.74, 6) is -0.855. The fourth-order valence-electron chi connectivity index (χ4n) is 4.51. The Bertz CT molecular complexity index is 1620. The zero-order valence-electron chi connectivity index (χ0n) is 18.9. The van der Waals surface area contributed by atoms with E-state index in [1.807, 2.05) is 24.3 Å². The predicted octanol–water partition coefficient (Wildman–Crippen LogP) is 2.96. The maximum absolute atomic E-state index is 13.9. The maximum Gasteiger partial charge on any atom is 0.338 e. The van der Waals surface area contributed by atoms with Crippen LogP contribution in [0.4, 0.5) is 5.69 Å². The third-order valence-corrected chi connectivity index (χ3v) is 7.36. The van der Waals surface area contributed by atoms with Crippen LogP contribution < -0.4 is 19.8 Å². The standard InChI is InChI=1S/C26H20ClN3O4S/c1-4-13-29-18-8-6-5-7-17(18)20(23(29)31)22-24(32)30-21(15-9-11-16(27)12-10-15)19(25(33)34-3)14(2)28-26(30)35-22/h4-12,21H,1,13H2,2-3H3/b22-20+/t21-/m0/s1. The Labute approximate surface area is 209 Å². The van der Waals surface area contributed by atoms with Crippen LogP contribution in [0.5, 0.6) is 0 Å². The number of allylic oxidation sites excluding steroid dienone is 1. The number of methoxy groups -OCH3 is 1. The van der Waals surface area contributed by atoms with E-state index >= 15 is 0 Å². The number of amides is 1. The molecule has 1 amide bonds. The number of nitrogens with zero attached hydrogens (tertiary/aromatic N) is 3. The molecule has 5 rings (SSSR count). The van der Waals surface area contributed by atoms with Crippen molar-refractivity contribution < 1.29 is 14.3 Å². The minimum Gasteiger partial charge on any atom is -0.466 e. The summed E-state index contributed by atoms with van der Waals surface area (Å²) in [7, 11) is 1.29. The van der Waals surface area contributed by atoms with Gasteiger partial charge in [0.05, 0.1) is 35.7 Å². The number of hydrogen-bond acceptors (Lipinski definition) is 6. The van der Waals surface area contributed by atoms with Crippen LogP contribution in [0, 0.1) is 0 Å². The van der Waals surface area contributed by atoms with E-state index in [1.54, 1.807) is 42.2 Å². The first-order chi connectivity index (χ1) is 16.9. The second-order valence-corrected chi connectivity index (χ2v) is 9.46. The van der Waals surface area contributed by atoms with E-state index in [9.17, 15) is 14.4 Å². The van der Waals surface area contributed by atoms with Crippen LogP contribution in [-0.4, -0.2) is 30.1 Å². The molecule has 176 valence electrons. The third-order valence-electron chi connectivity index (χ3n) is 6.05. The minimum atomic E-state index is -0.777. The van der Waals surface area contributed by atoms with E-state index in [2.05, 4.69) is 11.6 Å². The highest BCUT2D eigenvalue weighted by Gasteiger charge is 2.36. The van der Waals surface area contributed by atoms with Gasteiger partial charge in [0.25, 0.3) is 11.5 Å². The van der Waals surface area contributed by atoms with E-state index in [4.69, 9.17) is 16.3 Å². The number of halogens is 1. The van der Waals surface area contributed by atoms with E-state index in [0.717, 1.165) is 17.0 Å². The number of carbonyl (C=O) groups is 2. The lowest BCUT2D eigenvalue weighted by Gasteiger charge is -2.24. The van der Waals surface area contributed by atoms with Gasteiger partial charge in [-0.3, -0.25) is 14.2 Å². The normalized spacial score (nSPS) is 18.2. The number of hydrogen-bond donors (Lipinski definition) is 0. The van der Waals surface area contributed by atoms with Gasteiger partial charge in [-0.15, -0.1) is 6.58 Å². The van der Waals surface area contributed by atoms with Crippen molar-refractivity contribution in [1.82, 2.24) is 4.57 Å². The first-order valence-corrected chi connectivity index (χ1v) is 12.0. The average molecular weight is 506 g/mol. The summed E-state index contributed by atoms with van der Waals surface area (Å²) in [5.41, 5.74) is 2.69. The summed E-state index contributed by atoms with van der Waals surface area (Å²) in [6.07, 6.45) is 1.64. The molecule has 0 saturated heterocycles. The first kappa shape index (κ1) is 23.0. The first-order valence-electron chi connectivity index (χ1n) is 10.8. The maximum atomic E-state index is 13.9. The average Bonchev–Trinajstić information content (AvgIpc) is 3.31. The molecule has 2 aliphatic rings. The molecule has 2 aliphatic heterocycles. The van der Waals surface area contributed by atoms with E-state index in [0.29, 0.717) is 38.8 Å². The lowest BCUT2D eigenvalue weighted by atomic mass is 9.96. The molecule has 0 saturated carbocycles. The van der Waals surface area contributed by atoms with Crippen LogP contribution in [0.1, 0.15) is 24.1 Å². The molecule has 7 nitrogen and oxygen atoms in total. The number of anilines is 1. The Balaban J connectivity index is 1.83. The SMILES string of the molecule is C=CCN1C(=O)/C(=c2/sc3n(c2=O)[C@@H](c2ccc(Cl)cc2)C(C(=O)OC)=C(C)N=3)c2ccccc21. The molecule has 3 aromatic rings. The quantitative estimate of drug-likeness (QED) is 0.403. The van der Waals surface area contributed by atoms with Crippen LogP contribution in [0.25, 0.3) is 5.57 Å². The van der Waals surface area contributed by atoms with Crippen LogP contribution in [0.15, 0.2) is 82.2 Å². The summed E-state index contributed by atoms with van der Waals surface area (Å²) < 4.78 is 6.76. The zero-order valence-corrected chi connectivity index (χ0v) is 20.5. The van der Waals surface area contributed by atoms with Crippen LogP contribution in [-0.2, 0) is 14.3 Å². The van der Waals surface area contributed by atoms with Gasteiger partial charge in [0.1, 0.15) is 4.53 Å². The zero-order chi connectivity index (χ0) is 24.9. The van der Waals surface area contributed by atoms with Gasteiger partial charge < -0.3 is 9.64 Å². The van der Waals surface area contributed by atoms with E-state index in [1.165, 1.54) is 11.7 Å². The molecule has 1 atom stereocenters. The number of fused-ring (bicyclic) bond motifs is 2. The number of benzene rings is 2. The van der Waals surface area contributed by atoms with Crippen LogP contribution in [0.3, 0.4) is 0 Å². The Morgan fingerprint density at radius 3 is 2.60 bits per heavy atom. The Morgan fingerprint density at radius 1 is 1.20 bits per heavy atom. The molecule has 0 N–H and O–H groups in total. The second kappa shape index (κ2) is 8.79. The number of esters is 1. The van der Waals surface area contributed by atoms with Gasteiger partial charge in [-0.2, -0.15) is 0 Å². The van der Waals surface area contributed by atoms with Crippen molar-refractivity contribution in [2.75, 3.05) is 18.6 Å². The number of aromatic nitrogens is 1. The number of para-hydroxylation sites is 1. The summed E-state index contributed by atoms with van der Waals surface area (Å²) >= 11 is 7.22. The van der Waals surface area contributed by atoms with Gasteiger partial charge in [-0.05, 0) is 30.7 Å². The molecule has 0 spiro atoms. The number of ether oxygens (including phenoxy) is 1. The minimum absolute atomic E-state index is 0.255. The summed E-state index contributed by atoms with van der Waals surface area (Å²) in [6.45, 7) is 5.77. The smallest absolute Gasteiger partial charge is 0.338 e. The molecular formula is C26H20ClN3O4S. The van der Waals surface area contributed by atoms with Gasteiger partial charge in [-0.25, -0.2) is 9.79 Å². The van der Waals surface area contributed by atoms with Gasteiger partial charge in [0.15, 0.2) is 4.80 Å². The van der Waals surface area contributed by atoms with Gasteiger partial charge in [0, 0.05) is 17.1 Å². The lowest BCUT2D eigenvalue weighted by Crippen LogP contribution is -2.40. The summed E-state index contributed by atoms with van der Waals surface area (Å²) in [5, 5.41) is 0.527. The van der Waals surface area contributed by atoms with Crippen molar-refractivity contribution in [2.24, 2.45) is 4.99 Å². The molecule has 0 bridgehead atoms. The van der Waals surface area contributed by atoms with E-state index in [-0.39, 0.29) is 16.0 Å². The highest BCUT2D eigenvalue weighted by molar-refractivity contribution is 7.07. The molecule has 9 heteroatoms. The molecule has 0 radical (unpaired) electrons. The molecule has 35 heavy (non-hydrogen) atoms. The summed E-state index contributed by atoms with van der Waals surface area (Å²) in [4.78, 5) is 46.7. The Kier molecular flexibility index (Phi) is 5.78. The molecule has 2 aromatic carbocycles. The van der Waals surface area contributed by atoms with Gasteiger partial charge in [0.2, 0.25) is 0 Å². The van der Waals surface area contributed by atoms with Crippen LogP contribution in [0.2, 0.25) is 5.02 Å². The summed E-state index contributed by atoms with van der Waals surface area (Å²) in [6, 6.07) is 13.5. The molecular weight excluding hydrogens is 486 g/mol. The van der Waals surface area contributed by atoms with Crippen molar-refractivity contribution in [2.45, 2.75) is 13.0 Å². The third kappa shape index (κ3) is 3.57. The number of rotatable bonds is 4. The van der Waals surface area contributed by atoms with E-state index < -0.39 is 17.6 Å². The molecule has 0 fully saturated rings. The fourth-order valence-corrected chi connectivity index (χ4v) is 5.78. The van der Waals surface area contributed by atoms with Crippen LogP contribution >= 0.6 is 22.9 Å². The lowest BCUT2D eigenvalue weighted by molar-refractivity contribution is -0.136. The predicted molar refractivity (Wildman–Crippen MR) is 135 cm³/mol. The highest BCUT2D eigenvalue weighted by atomic mass is 35.5. The van der Waals surface area contributed by atoms with Gasteiger partial charge >= 0.3 is 5.97 Å². The van der Waals surface area contributed by atoms with Gasteiger partial charge in [-0.1, -0.05) is 59.3 Å². The Hall–Kier alpha value is -3.75. The number of thiazole rings is 1.